The lowest BCUT2D eigenvalue weighted by molar-refractivity contribution is -0.0882. The Morgan fingerprint density at radius 2 is 1.56 bits per heavy atom. The van der Waals surface area contributed by atoms with Crippen LogP contribution in [-0.2, 0) is 11.2 Å². The highest BCUT2D eigenvalue weighted by atomic mass is 16.7. The second-order valence-electron chi connectivity index (χ2n) is 7.06. The van der Waals surface area contributed by atoms with Gasteiger partial charge in [-0.2, -0.15) is 0 Å². The zero-order chi connectivity index (χ0) is 18.4. The molecule has 2 aromatic rings. The maximum absolute atomic E-state index is 11.3. The van der Waals surface area contributed by atoms with Crippen LogP contribution in [0.25, 0.3) is 0 Å². The Balaban J connectivity index is 1.40. The SMILES string of the molecule is OC[C@]1(O)[C@@H](Cc2ccc3c(c2)OCO3)CO[C@H]1c1ccc2c(c1)OCO2. The molecule has 142 valence electrons. The second-order valence-corrected chi connectivity index (χ2v) is 7.06. The Kier molecular flexibility index (Phi) is 3.89. The number of rotatable bonds is 4. The van der Waals surface area contributed by atoms with Crippen LogP contribution in [0.15, 0.2) is 36.4 Å². The van der Waals surface area contributed by atoms with Crippen LogP contribution >= 0.6 is 0 Å². The predicted octanol–water partition coefficient (Wildman–Crippen LogP) is 1.80. The number of ether oxygens (including phenoxy) is 5. The highest BCUT2D eigenvalue weighted by Gasteiger charge is 2.50. The average Bonchev–Trinajstić information content (AvgIpc) is 3.40. The van der Waals surface area contributed by atoms with Crippen molar-refractivity contribution in [2.75, 3.05) is 26.8 Å². The van der Waals surface area contributed by atoms with Gasteiger partial charge in [-0.25, -0.2) is 0 Å². The van der Waals surface area contributed by atoms with Gasteiger partial charge in [-0.05, 0) is 41.8 Å². The van der Waals surface area contributed by atoms with Gasteiger partial charge in [0, 0.05) is 5.92 Å². The molecule has 27 heavy (non-hydrogen) atoms. The largest absolute Gasteiger partial charge is 0.454 e. The van der Waals surface area contributed by atoms with E-state index in [9.17, 15) is 10.2 Å². The molecule has 1 fully saturated rings. The van der Waals surface area contributed by atoms with E-state index in [0.717, 1.165) is 16.9 Å². The van der Waals surface area contributed by atoms with Crippen LogP contribution in [0.1, 0.15) is 17.2 Å². The number of benzene rings is 2. The lowest BCUT2D eigenvalue weighted by Crippen LogP contribution is -2.43. The molecular formula is C20H20O7. The summed E-state index contributed by atoms with van der Waals surface area (Å²) in [6, 6.07) is 11.1. The Bertz CT molecular complexity index is 867. The van der Waals surface area contributed by atoms with Gasteiger partial charge in [0.2, 0.25) is 13.6 Å². The molecule has 3 heterocycles. The summed E-state index contributed by atoms with van der Waals surface area (Å²) in [6.45, 7) is 0.339. The Hall–Kier alpha value is -2.48. The molecule has 1 saturated heterocycles. The summed E-state index contributed by atoms with van der Waals surface area (Å²) < 4.78 is 27.4. The third-order valence-electron chi connectivity index (χ3n) is 5.50. The molecule has 0 aromatic heterocycles. The molecule has 7 nitrogen and oxygen atoms in total. The number of fused-ring (bicyclic) bond motifs is 2. The van der Waals surface area contributed by atoms with E-state index < -0.39 is 18.3 Å². The minimum absolute atomic E-state index is 0.182. The van der Waals surface area contributed by atoms with E-state index in [0.29, 0.717) is 30.3 Å². The Morgan fingerprint density at radius 3 is 2.30 bits per heavy atom. The van der Waals surface area contributed by atoms with Gasteiger partial charge >= 0.3 is 0 Å². The van der Waals surface area contributed by atoms with Crippen LogP contribution in [0, 0.1) is 5.92 Å². The minimum atomic E-state index is -1.40. The number of aliphatic hydroxyl groups is 2. The van der Waals surface area contributed by atoms with Crippen LogP contribution in [0.2, 0.25) is 0 Å². The van der Waals surface area contributed by atoms with Crippen molar-refractivity contribution in [3.63, 3.8) is 0 Å². The monoisotopic (exact) mass is 372 g/mol. The molecule has 0 unspecified atom stereocenters. The molecule has 0 amide bonds. The predicted molar refractivity (Wildman–Crippen MR) is 93.1 cm³/mol. The number of hydrogen-bond donors (Lipinski definition) is 2. The van der Waals surface area contributed by atoms with Gasteiger partial charge in [-0.1, -0.05) is 12.1 Å². The van der Waals surface area contributed by atoms with Gasteiger partial charge in [0.1, 0.15) is 11.7 Å². The molecule has 5 rings (SSSR count). The summed E-state index contributed by atoms with van der Waals surface area (Å²) in [5, 5.41) is 21.3. The van der Waals surface area contributed by atoms with Crippen molar-refractivity contribution < 1.29 is 33.9 Å². The molecule has 0 spiro atoms. The molecule has 0 aliphatic carbocycles. The summed E-state index contributed by atoms with van der Waals surface area (Å²) in [6.07, 6.45) is -0.0922. The molecule has 7 heteroatoms. The molecule has 0 radical (unpaired) electrons. The van der Waals surface area contributed by atoms with Crippen LogP contribution in [0.4, 0.5) is 0 Å². The van der Waals surface area contributed by atoms with E-state index in [2.05, 4.69) is 0 Å². The van der Waals surface area contributed by atoms with Crippen molar-refractivity contribution >= 4 is 0 Å². The van der Waals surface area contributed by atoms with E-state index in [1.807, 2.05) is 24.3 Å². The van der Waals surface area contributed by atoms with Gasteiger partial charge in [0.15, 0.2) is 23.0 Å². The fourth-order valence-corrected chi connectivity index (χ4v) is 3.98. The van der Waals surface area contributed by atoms with Crippen molar-refractivity contribution in [3.05, 3.63) is 47.5 Å². The van der Waals surface area contributed by atoms with Crippen molar-refractivity contribution in [1.82, 2.24) is 0 Å². The molecule has 3 aliphatic heterocycles. The normalized spacial score (nSPS) is 27.9. The van der Waals surface area contributed by atoms with E-state index >= 15 is 0 Å². The van der Waals surface area contributed by atoms with Gasteiger partial charge in [0.05, 0.1) is 13.2 Å². The molecule has 3 atom stereocenters. The van der Waals surface area contributed by atoms with E-state index in [1.54, 1.807) is 12.1 Å². The molecule has 2 N–H and O–H groups in total. The van der Waals surface area contributed by atoms with Gasteiger partial charge in [-0.3, -0.25) is 0 Å². The quantitative estimate of drug-likeness (QED) is 0.846. The van der Waals surface area contributed by atoms with Crippen LogP contribution < -0.4 is 18.9 Å². The molecule has 3 aliphatic rings. The van der Waals surface area contributed by atoms with E-state index in [4.69, 9.17) is 23.7 Å². The zero-order valence-electron chi connectivity index (χ0n) is 14.6. The molecular weight excluding hydrogens is 352 g/mol. The topological polar surface area (TPSA) is 86.6 Å². The molecule has 0 bridgehead atoms. The highest BCUT2D eigenvalue weighted by Crippen LogP contribution is 2.46. The Labute approximate surface area is 156 Å². The first kappa shape index (κ1) is 16.7. The number of hydrogen-bond acceptors (Lipinski definition) is 7. The second kappa shape index (κ2) is 6.30. The van der Waals surface area contributed by atoms with Gasteiger partial charge in [-0.15, -0.1) is 0 Å². The van der Waals surface area contributed by atoms with E-state index in [1.165, 1.54) is 0 Å². The Morgan fingerprint density at radius 1 is 0.889 bits per heavy atom. The number of aliphatic hydroxyl groups excluding tert-OH is 1. The van der Waals surface area contributed by atoms with Gasteiger partial charge in [0.25, 0.3) is 0 Å². The first-order valence-corrected chi connectivity index (χ1v) is 8.90. The summed E-state index contributed by atoms with van der Waals surface area (Å²) in [5.74, 6) is 2.44. The van der Waals surface area contributed by atoms with Crippen molar-refractivity contribution in [2.24, 2.45) is 5.92 Å². The van der Waals surface area contributed by atoms with Crippen molar-refractivity contribution in [2.45, 2.75) is 18.1 Å². The molecule has 2 aromatic carbocycles. The zero-order valence-corrected chi connectivity index (χ0v) is 14.6. The van der Waals surface area contributed by atoms with Crippen LogP contribution in [-0.4, -0.2) is 42.6 Å². The third kappa shape index (κ3) is 2.70. The smallest absolute Gasteiger partial charge is 0.231 e. The maximum atomic E-state index is 11.3. The minimum Gasteiger partial charge on any atom is -0.454 e. The summed E-state index contributed by atoms with van der Waals surface area (Å²) in [4.78, 5) is 0. The standard InChI is InChI=1S/C20H20O7/c21-9-20(22)14(5-12-1-3-15-17(6-12)26-10-24-15)8-23-19(20)13-2-4-16-18(7-13)27-11-25-16/h1-4,6-7,14,19,21-22H,5,8-11H2/t14-,19-,20-/m0/s1. The highest BCUT2D eigenvalue weighted by molar-refractivity contribution is 5.46. The summed E-state index contributed by atoms with van der Waals surface area (Å²) in [5.41, 5.74) is 0.347. The summed E-state index contributed by atoms with van der Waals surface area (Å²) >= 11 is 0. The van der Waals surface area contributed by atoms with Gasteiger partial charge < -0.3 is 33.9 Å². The van der Waals surface area contributed by atoms with Crippen LogP contribution in [0.3, 0.4) is 0 Å². The first-order valence-electron chi connectivity index (χ1n) is 8.90. The third-order valence-corrected chi connectivity index (χ3v) is 5.50. The van der Waals surface area contributed by atoms with E-state index in [-0.39, 0.29) is 19.5 Å². The average molecular weight is 372 g/mol. The summed E-state index contributed by atoms with van der Waals surface area (Å²) in [7, 11) is 0. The first-order chi connectivity index (χ1) is 13.2. The fourth-order valence-electron chi connectivity index (χ4n) is 3.98. The molecule has 0 saturated carbocycles. The maximum Gasteiger partial charge on any atom is 0.231 e. The van der Waals surface area contributed by atoms with Crippen molar-refractivity contribution in [3.8, 4) is 23.0 Å². The van der Waals surface area contributed by atoms with Crippen molar-refractivity contribution in [1.29, 1.82) is 0 Å². The fraction of sp³-hybridized carbons (Fsp3) is 0.400. The van der Waals surface area contributed by atoms with Crippen LogP contribution in [0.5, 0.6) is 23.0 Å². The lowest BCUT2D eigenvalue weighted by Gasteiger charge is -2.32. The lowest BCUT2D eigenvalue weighted by atomic mass is 9.80.